The summed E-state index contributed by atoms with van der Waals surface area (Å²) in [5.74, 6) is 2.99. The highest BCUT2D eigenvalue weighted by Crippen LogP contribution is 2.65. The minimum absolute atomic E-state index is 0.00863. The van der Waals surface area contributed by atoms with E-state index in [-0.39, 0.29) is 22.9 Å². The van der Waals surface area contributed by atoms with Crippen LogP contribution >= 0.6 is 0 Å². The molecule has 4 aliphatic rings. The Morgan fingerprint density at radius 3 is 2.64 bits per heavy atom. The number of carbonyl (C=O) groups excluding carboxylic acids is 2. The largest absolute Gasteiger partial charge is 0.462 e. The third-order valence-electron chi connectivity index (χ3n) is 9.07. The van der Waals surface area contributed by atoms with Crippen LogP contribution in [0.5, 0.6) is 0 Å². The number of fused-ring (bicyclic) bond motifs is 5. The van der Waals surface area contributed by atoms with Gasteiger partial charge in [-0.2, -0.15) is 0 Å². The minimum atomic E-state index is 0.00863. The molecule has 3 fully saturated rings. The van der Waals surface area contributed by atoms with Gasteiger partial charge in [-0.3, -0.25) is 9.59 Å². The van der Waals surface area contributed by atoms with Gasteiger partial charge in [0.25, 0.3) is 0 Å². The number of carbonyl (C=O) groups is 2. The molecule has 28 heavy (non-hydrogen) atoms. The molecule has 6 atom stereocenters. The second kappa shape index (κ2) is 7.29. The molecule has 0 radical (unpaired) electrons. The molecule has 0 heterocycles. The van der Waals surface area contributed by atoms with Gasteiger partial charge in [0.15, 0.2) is 5.78 Å². The van der Waals surface area contributed by atoms with Crippen LogP contribution in [0.1, 0.15) is 91.9 Å². The standard InChI is InChI=1S/C25H38O3/c1-16(2)5-10-23(27)28-22-9-8-20-19-7-6-17-15-18(26)11-13-24(17,3)21(19)12-14-25(20,22)4/h15-16,19-22H,5-14H2,1-4H3/t19?,20?,21?,22-,24-,25-/m0/s1. The van der Waals surface area contributed by atoms with Crippen LogP contribution in [0.3, 0.4) is 0 Å². The molecule has 0 aromatic carbocycles. The molecule has 0 amide bonds. The van der Waals surface area contributed by atoms with Crippen molar-refractivity contribution in [1.29, 1.82) is 0 Å². The fourth-order valence-electron chi connectivity index (χ4n) is 7.33. The Balaban J connectivity index is 1.49. The number of allylic oxidation sites excluding steroid dienone is 1. The van der Waals surface area contributed by atoms with Crippen molar-refractivity contribution in [3.8, 4) is 0 Å². The average Bonchev–Trinajstić information content (AvgIpc) is 2.97. The third-order valence-corrected chi connectivity index (χ3v) is 9.07. The topological polar surface area (TPSA) is 43.4 Å². The van der Waals surface area contributed by atoms with E-state index in [0.29, 0.717) is 30.0 Å². The molecule has 4 rings (SSSR count). The molecule has 3 saturated carbocycles. The SMILES string of the molecule is CC(C)CCC(=O)O[C@H]1CCC2C3CCC4=CC(=O)CC[C@]4(C)C3CC[C@@]21C. The monoisotopic (exact) mass is 386 g/mol. The van der Waals surface area contributed by atoms with Crippen molar-refractivity contribution >= 4 is 11.8 Å². The fourth-order valence-corrected chi connectivity index (χ4v) is 7.33. The molecule has 0 saturated heterocycles. The Morgan fingerprint density at radius 1 is 1.11 bits per heavy atom. The van der Waals surface area contributed by atoms with Crippen molar-refractivity contribution in [2.75, 3.05) is 0 Å². The van der Waals surface area contributed by atoms with Crippen molar-refractivity contribution in [3.63, 3.8) is 0 Å². The zero-order chi connectivity index (χ0) is 20.1. The van der Waals surface area contributed by atoms with Crippen molar-refractivity contribution in [1.82, 2.24) is 0 Å². The van der Waals surface area contributed by atoms with Gasteiger partial charge >= 0.3 is 5.97 Å². The van der Waals surface area contributed by atoms with Crippen LogP contribution in [-0.4, -0.2) is 17.9 Å². The quantitative estimate of drug-likeness (QED) is 0.568. The molecule has 0 aliphatic heterocycles. The first kappa shape index (κ1) is 20.2. The highest BCUT2D eigenvalue weighted by Gasteiger charge is 2.59. The second-order valence-electron chi connectivity index (χ2n) is 11.0. The normalized spacial score (nSPS) is 42.5. The van der Waals surface area contributed by atoms with Gasteiger partial charge in [0, 0.05) is 18.3 Å². The summed E-state index contributed by atoms with van der Waals surface area (Å²) in [6.45, 7) is 9.15. The van der Waals surface area contributed by atoms with Gasteiger partial charge in [0.1, 0.15) is 6.10 Å². The molecule has 3 unspecified atom stereocenters. The van der Waals surface area contributed by atoms with E-state index < -0.39 is 0 Å². The zero-order valence-electron chi connectivity index (χ0n) is 18.3. The van der Waals surface area contributed by atoms with Crippen LogP contribution in [0.25, 0.3) is 0 Å². The second-order valence-corrected chi connectivity index (χ2v) is 11.0. The van der Waals surface area contributed by atoms with Crippen LogP contribution in [0.15, 0.2) is 11.6 Å². The Bertz CT molecular complexity index is 677. The van der Waals surface area contributed by atoms with E-state index >= 15 is 0 Å². The maximum absolute atomic E-state index is 12.4. The number of esters is 1. The van der Waals surface area contributed by atoms with E-state index in [0.717, 1.165) is 44.4 Å². The first-order valence-corrected chi connectivity index (χ1v) is 11.7. The minimum Gasteiger partial charge on any atom is -0.462 e. The van der Waals surface area contributed by atoms with E-state index in [2.05, 4.69) is 27.7 Å². The molecule has 0 aromatic rings. The lowest BCUT2D eigenvalue weighted by molar-refractivity contribution is -0.160. The van der Waals surface area contributed by atoms with Gasteiger partial charge in [-0.1, -0.05) is 33.3 Å². The predicted octanol–water partition coefficient (Wildman–Crippen LogP) is 5.87. The molecule has 3 nitrogen and oxygen atoms in total. The Hall–Kier alpha value is -1.12. The number of rotatable bonds is 4. The number of ether oxygens (including phenoxy) is 1. The molecule has 4 aliphatic carbocycles. The molecule has 156 valence electrons. The Morgan fingerprint density at radius 2 is 1.89 bits per heavy atom. The van der Waals surface area contributed by atoms with E-state index in [4.69, 9.17) is 4.74 Å². The summed E-state index contributed by atoms with van der Waals surface area (Å²) in [4.78, 5) is 24.4. The van der Waals surface area contributed by atoms with E-state index in [1.807, 2.05) is 6.08 Å². The van der Waals surface area contributed by atoms with E-state index in [9.17, 15) is 9.59 Å². The lowest BCUT2D eigenvalue weighted by Gasteiger charge is -2.57. The van der Waals surface area contributed by atoms with Crippen molar-refractivity contribution < 1.29 is 14.3 Å². The summed E-state index contributed by atoms with van der Waals surface area (Å²) >= 11 is 0. The predicted molar refractivity (Wildman–Crippen MR) is 111 cm³/mol. The zero-order valence-corrected chi connectivity index (χ0v) is 18.3. The van der Waals surface area contributed by atoms with Crippen molar-refractivity contribution in [2.24, 2.45) is 34.5 Å². The summed E-state index contributed by atoms with van der Waals surface area (Å²) < 4.78 is 6.06. The van der Waals surface area contributed by atoms with Crippen LogP contribution < -0.4 is 0 Å². The maximum atomic E-state index is 12.4. The highest BCUT2D eigenvalue weighted by atomic mass is 16.5. The summed E-state index contributed by atoms with van der Waals surface area (Å²) in [7, 11) is 0. The van der Waals surface area contributed by atoms with Crippen LogP contribution in [0, 0.1) is 34.5 Å². The van der Waals surface area contributed by atoms with Crippen LogP contribution in [0.2, 0.25) is 0 Å². The summed E-state index contributed by atoms with van der Waals surface area (Å²) in [6.07, 6.45) is 12.3. The smallest absolute Gasteiger partial charge is 0.306 e. The summed E-state index contributed by atoms with van der Waals surface area (Å²) in [5, 5.41) is 0. The first-order valence-electron chi connectivity index (χ1n) is 11.7. The number of hydrogen-bond donors (Lipinski definition) is 0. The van der Waals surface area contributed by atoms with Gasteiger partial charge in [-0.15, -0.1) is 0 Å². The molecule has 0 aromatic heterocycles. The summed E-state index contributed by atoms with van der Waals surface area (Å²) in [5.41, 5.74) is 1.81. The molecule has 0 bridgehead atoms. The molecule has 0 N–H and O–H groups in total. The van der Waals surface area contributed by atoms with Gasteiger partial charge in [-0.05, 0) is 86.5 Å². The van der Waals surface area contributed by atoms with E-state index in [1.165, 1.54) is 24.8 Å². The van der Waals surface area contributed by atoms with Crippen molar-refractivity contribution in [2.45, 2.75) is 98.0 Å². The molecule has 0 spiro atoms. The fraction of sp³-hybridized carbons (Fsp3) is 0.840. The van der Waals surface area contributed by atoms with Crippen LogP contribution in [0.4, 0.5) is 0 Å². The number of ketones is 1. The van der Waals surface area contributed by atoms with Gasteiger partial charge < -0.3 is 4.74 Å². The Kier molecular flexibility index (Phi) is 5.25. The van der Waals surface area contributed by atoms with Gasteiger partial charge in [-0.25, -0.2) is 0 Å². The van der Waals surface area contributed by atoms with E-state index in [1.54, 1.807) is 0 Å². The first-order chi connectivity index (χ1) is 13.2. The molecule has 3 heteroatoms. The highest BCUT2D eigenvalue weighted by molar-refractivity contribution is 5.91. The van der Waals surface area contributed by atoms with Gasteiger partial charge in [0.2, 0.25) is 0 Å². The number of hydrogen-bond acceptors (Lipinski definition) is 3. The average molecular weight is 387 g/mol. The molecular weight excluding hydrogens is 348 g/mol. The van der Waals surface area contributed by atoms with Crippen molar-refractivity contribution in [3.05, 3.63) is 11.6 Å². The Labute approximate surface area is 170 Å². The lowest BCUT2D eigenvalue weighted by atomic mass is 9.47. The van der Waals surface area contributed by atoms with Crippen LogP contribution in [-0.2, 0) is 14.3 Å². The maximum Gasteiger partial charge on any atom is 0.306 e. The summed E-state index contributed by atoms with van der Waals surface area (Å²) in [6, 6.07) is 0. The van der Waals surface area contributed by atoms with Gasteiger partial charge in [0.05, 0.1) is 0 Å². The lowest BCUT2D eigenvalue weighted by Crippen LogP contribution is -2.51. The molecular formula is C25H38O3. The third kappa shape index (κ3) is 3.27.